The van der Waals surface area contributed by atoms with E-state index in [0.29, 0.717) is 0 Å². The van der Waals surface area contributed by atoms with Gasteiger partial charge in [-0.1, -0.05) is 24.3 Å². The number of non-ortho nitro benzene ring substituents is 2. The van der Waals surface area contributed by atoms with Crippen molar-refractivity contribution >= 4 is 17.3 Å². The molecule has 0 saturated carbocycles. The number of nitro groups is 2. The third kappa shape index (κ3) is 3.72. The molecule has 2 rings (SSSR count). The van der Waals surface area contributed by atoms with Gasteiger partial charge in [0.1, 0.15) is 0 Å². The van der Waals surface area contributed by atoms with Crippen LogP contribution in [0.1, 0.15) is 34.5 Å². The Labute approximate surface area is 137 Å². The molecular formula is C16H15N3O5. The van der Waals surface area contributed by atoms with Crippen LogP contribution in [0.5, 0.6) is 0 Å². The van der Waals surface area contributed by atoms with Crippen LogP contribution in [-0.4, -0.2) is 15.8 Å². The summed E-state index contributed by atoms with van der Waals surface area (Å²) < 4.78 is 0. The van der Waals surface area contributed by atoms with Crippen LogP contribution in [0.3, 0.4) is 0 Å². The number of benzene rings is 2. The molecule has 0 radical (unpaired) electrons. The Morgan fingerprint density at radius 3 is 2.08 bits per heavy atom. The molecule has 0 fully saturated rings. The monoisotopic (exact) mass is 329 g/mol. The van der Waals surface area contributed by atoms with Gasteiger partial charge in [-0.3, -0.25) is 25.0 Å². The van der Waals surface area contributed by atoms with E-state index in [0.717, 1.165) is 29.3 Å². The van der Waals surface area contributed by atoms with Crippen molar-refractivity contribution in [1.29, 1.82) is 0 Å². The zero-order valence-corrected chi connectivity index (χ0v) is 13.1. The maximum Gasteiger partial charge on any atom is 0.277 e. The number of nitro benzene ring substituents is 2. The Hall–Kier alpha value is -3.29. The molecule has 24 heavy (non-hydrogen) atoms. The normalized spacial score (nSPS) is 11.6. The molecule has 1 unspecified atom stereocenters. The van der Waals surface area contributed by atoms with Crippen LogP contribution in [0.15, 0.2) is 42.5 Å². The molecule has 1 N–H and O–H groups in total. The van der Waals surface area contributed by atoms with Gasteiger partial charge in [0.25, 0.3) is 17.3 Å². The van der Waals surface area contributed by atoms with Crippen molar-refractivity contribution in [2.24, 2.45) is 0 Å². The summed E-state index contributed by atoms with van der Waals surface area (Å²) in [5, 5.41) is 24.5. The highest BCUT2D eigenvalue weighted by Gasteiger charge is 2.21. The first-order valence-electron chi connectivity index (χ1n) is 7.10. The molecule has 0 bridgehead atoms. The van der Waals surface area contributed by atoms with E-state index in [9.17, 15) is 25.0 Å². The first-order valence-corrected chi connectivity index (χ1v) is 7.10. The molecule has 0 aliphatic heterocycles. The molecule has 2 aromatic rings. The zero-order chi connectivity index (χ0) is 17.9. The second kappa shape index (κ2) is 6.86. The Kier molecular flexibility index (Phi) is 4.88. The largest absolute Gasteiger partial charge is 0.346 e. The maximum atomic E-state index is 12.3. The number of aryl methyl sites for hydroxylation is 1. The summed E-state index contributed by atoms with van der Waals surface area (Å²) in [5.74, 6) is -0.613. The van der Waals surface area contributed by atoms with Crippen molar-refractivity contribution in [2.45, 2.75) is 19.9 Å². The molecule has 2 aromatic carbocycles. The molecule has 0 aliphatic rings. The summed E-state index contributed by atoms with van der Waals surface area (Å²) in [5.41, 5.74) is 0.744. The van der Waals surface area contributed by atoms with Gasteiger partial charge in [-0.15, -0.1) is 0 Å². The summed E-state index contributed by atoms with van der Waals surface area (Å²) in [6, 6.07) is 9.98. The first-order chi connectivity index (χ1) is 11.3. The molecule has 1 atom stereocenters. The zero-order valence-electron chi connectivity index (χ0n) is 13.1. The minimum atomic E-state index is -0.769. The Bertz CT molecular complexity index is 787. The predicted octanol–water partition coefficient (Wildman–Crippen LogP) is 3.30. The fourth-order valence-corrected chi connectivity index (χ4v) is 2.37. The highest BCUT2D eigenvalue weighted by Crippen LogP contribution is 2.24. The summed E-state index contributed by atoms with van der Waals surface area (Å²) in [4.78, 5) is 32.6. The van der Waals surface area contributed by atoms with E-state index >= 15 is 0 Å². The van der Waals surface area contributed by atoms with Crippen LogP contribution in [0.25, 0.3) is 0 Å². The number of rotatable bonds is 5. The molecular weight excluding hydrogens is 314 g/mol. The number of amides is 1. The van der Waals surface area contributed by atoms with Gasteiger partial charge in [0.05, 0.1) is 27.5 Å². The van der Waals surface area contributed by atoms with Crippen molar-refractivity contribution < 1.29 is 14.6 Å². The highest BCUT2D eigenvalue weighted by atomic mass is 16.6. The van der Waals surface area contributed by atoms with Crippen molar-refractivity contribution in [2.75, 3.05) is 0 Å². The average molecular weight is 329 g/mol. The first kappa shape index (κ1) is 17.1. The third-order valence-corrected chi connectivity index (χ3v) is 3.59. The number of carbonyl (C=O) groups is 1. The van der Waals surface area contributed by atoms with Crippen LogP contribution < -0.4 is 5.32 Å². The van der Waals surface area contributed by atoms with Crippen LogP contribution in [-0.2, 0) is 0 Å². The Morgan fingerprint density at radius 1 is 1.04 bits per heavy atom. The summed E-state index contributed by atoms with van der Waals surface area (Å²) >= 11 is 0. The van der Waals surface area contributed by atoms with Crippen molar-refractivity contribution in [1.82, 2.24) is 5.32 Å². The molecule has 1 amide bonds. The highest BCUT2D eigenvalue weighted by molar-refractivity contribution is 5.95. The molecule has 8 nitrogen and oxygen atoms in total. The van der Waals surface area contributed by atoms with E-state index in [1.165, 1.54) is 0 Å². The van der Waals surface area contributed by atoms with Crippen LogP contribution in [0.4, 0.5) is 11.4 Å². The molecule has 0 aliphatic carbocycles. The SMILES string of the molecule is Cc1ccccc1C(C)NC(=O)c1cc([N+](=O)[O-])cc([N+](=O)[O-])c1. The van der Waals surface area contributed by atoms with E-state index in [-0.39, 0.29) is 11.6 Å². The van der Waals surface area contributed by atoms with Gasteiger partial charge in [0, 0.05) is 12.1 Å². The lowest BCUT2D eigenvalue weighted by molar-refractivity contribution is -0.394. The smallest absolute Gasteiger partial charge is 0.277 e. The van der Waals surface area contributed by atoms with Gasteiger partial charge < -0.3 is 5.32 Å². The van der Waals surface area contributed by atoms with E-state index in [1.807, 2.05) is 31.2 Å². The van der Waals surface area contributed by atoms with E-state index in [1.54, 1.807) is 6.92 Å². The van der Waals surface area contributed by atoms with Crippen molar-refractivity contribution in [3.63, 3.8) is 0 Å². The van der Waals surface area contributed by atoms with Gasteiger partial charge in [-0.2, -0.15) is 0 Å². The van der Waals surface area contributed by atoms with E-state index in [2.05, 4.69) is 5.32 Å². The van der Waals surface area contributed by atoms with Crippen LogP contribution in [0, 0.1) is 27.2 Å². The van der Waals surface area contributed by atoms with Crippen LogP contribution in [0.2, 0.25) is 0 Å². The topological polar surface area (TPSA) is 115 Å². The molecule has 0 aromatic heterocycles. The average Bonchev–Trinajstić information content (AvgIpc) is 2.54. The predicted molar refractivity (Wildman–Crippen MR) is 86.8 cm³/mol. The number of nitrogens with one attached hydrogen (secondary N) is 1. The fraction of sp³-hybridized carbons (Fsp3) is 0.188. The second-order valence-corrected chi connectivity index (χ2v) is 5.30. The third-order valence-electron chi connectivity index (χ3n) is 3.59. The number of nitrogens with zero attached hydrogens (tertiary/aromatic N) is 2. The van der Waals surface area contributed by atoms with E-state index in [4.69, 9.17) is 0 Å². The summed E-state index contributed by atoms with van der Waals surface area (Å²) in [6.45, 7) is 3.67. The fourth-order valence-electron chi connectivity index (χ4n) is 2.37. The molecule has 0 spiro atoms. The molecule has 0 heterocycles. The van der Waals surface area contributed by atoms with Crippen molar-refractivity contribution in [3.05, 3.63) is 79.4 Å². The molecule has 8 heteroatoms. The Balaban J connectivity index is 2.31. The van der Waals surface area contributed by atoms with Gasteiger partial charge in [-0.25, -0.2) is 0 Å². The molecule has 0 saturated heterocycles. The lowest BCUT2D eigenvalue weighted by Crippen LogP contribution is -2.27. The van der Waals surface area contributed by atoms with Gasteiger partial charge >= 0.3 is 0 Å². The van der Waals surface area contributed by atoms with Crippen LogP contribution >= 0.6 is 0 Å². The second-order valence-electron chi connectivity index (χ2n) is 5.30. The standard InChI is InChI=1S/C16H15N3O5/c1-10-5-3-4-6-15(10)11(2)17-16(20)12-7-13(18(21)22)9-14(8-12)19(23)24/h3-9,11H,1-2H3,(H,17,20). The lowest BCUT2D eigenvalue weighted by atomic mass is 10.0. The number of hydrogen-bond acceptors (Lipinski definition) is 5. The summed E-state index contributed by atoms with van der Waals surface area (Å²) in [6.07, 6.45) is 0. The summed E-state index contributed by atoms with van der Waals surface area (Å²) in [7, 11) is 0. The maximum absolute atomic E-state index is 12.3. The van der Waals surface area contributed by atoms with Gasteiger partial charge in [0.15, 0.2) is 0 Å². The lowest BCUT2D eigenvalue weighted by Gasteiger charge is -2.16. The van der Waals surface area contributed by atoms with Crippen molar-refractivity contribution in [3.8, 4) is 0 Å². The minimum Gasteiger partial charge on any atom is -0.346 e. The molecule has 124 valence electrons. The Morgan fingerprint density at radius 2 is 1.58 bits per heavy atom. The van der Waals surface area contributed by atoms with Gasteiger partial charge in [0.2, 0.25) is 0 Å². The number of hydrogen-bond donors (Lipinski definition) is 1. The van der Waals surface area contributed by atoms with Gasteiger partial charge in [-0.05, 0) is 25.0 Å². The van der Waals surface area contributed by atoms with E-state index < -0.39 is 27.1 Å². The number of carbonyl (C=O) groups excluding carboxylic acids is 1. The quantitative estimate of drug-likeness (QED) is 0.667. The minimum absolute atomic E-state index is 0.128.